The zero-order valence-electron chi connectivity index (χ0n) is 16.2. The van der Waals surface area contributed by atoms with Gasteiger partial charge in [0, 0.05) is 25.1 Å². The minimum Gasteiger partial charge on any atom is -0.454 e. The number of nitrogens with one attached hydrogen (secondary N) is 1. The standard InChI is InChI=1S/C22H20F3NO4/c1-15(27)26-12-11-16-5-8-18(9-6-16)20(28)14-30-21(29)10-7-17-3-2-4-19(13-17)22(23,24)25/h2-10,13H,11-12,14H2,1H3,(H,26,27)/b10-7+. The molecule has 0 fully saturated rings. The van der Waals surface area contributed by atoms with Crippen molar-refractivity contribution in [3.05, 3.63) is 76.9 Å². The maximum Gasteiger partial charge on any atom is 0.416 e. The van der Waals surface area contributed by atoms with Crippen LogP contribution in [0.25, 0.3) is 6.08 Å². The highest BCUT2D eigenvalue weighted by atomic mass is 19.4. The van der Waals surface area contributed by atoms with Crippen LogP contribution < -0.4 is 5.32 Å². The molecule has 1 amide bonds. The van der Waals surface area contributed by atoms with Gasteiger partial charge in [0.2, 0.25) is 5.91 Å². The second-order valence-electron chi connectivity index (χ2n) is 6.42. The molecule has 0 unspecified atom stereocenters. The molecular weight excluding hydrogens is 399 g/mol. The molecule has 2 rings (SSSR count). The van der Waals surface area contributed by atoms with Crippen LogP contribution in [0.4, 0.5) is 13.2 Å². The highest BCUT2D eigenvalue weighted by Crippen LogP contribution is 2.29. The van der Waals surface area contributed by atoms with Crippen LogP contribution in [0.5, 0.6) is 0 Å². The Morgan fingerprint density at radius 1 is 1.07 bits per heavy atom. The van der Waals surface area contributed by atoms with E-state index < -0.39 is 30.1 Å². The summed E-state index contributed by atoms with van der Waals surface area (Å²) in [6, 6.07) is 11.2. The molecule has 0 bridgehead atoms. The third-order valence-corrected chi connectivity index (χ3v) is 4.03. The van der Waals surface area contributed by atoms with Gasteiger partial charge in [-0.25, -0.2) is 4.79 Å². The Labute approximate surface area is 171 Å². The van der Waals surface area contributed by atoms with E-state index in [9.17, 15) is 27.6 Å². The fraction of sp³-hybridized carbons (Fsp3) is 0.227. The quantitative estimate of drug-likeness (QED) is 0.401. The van der Waals surface area contributed by atoms with Gasteiger partial charge in [0.25, 0.3) is 0 Å². The van der Waals surface area contributed by atoms with Gasteiger partial charge in [0.15, 0.2) is 12.4 Å². The third kappa shape index (κ3) is 7.54. The molecule has 8 heteroatoms. The molecule has 0 aliphatic heterocycles. The Balaban J connectivity index is 1.85. The molecular formula is C22H20F3NO4. The molecule has 0 aliphatic carbocycles. The summed E-state index contributed by atoms with van der Waals surface area (Å²) in [5.41, 5.74) is 0.644. The molecule has 0 aliphatic rings. The van der Waals surface area contributed by atoms with Crippen LogP contribution in [-0.4, -0.2) is 30.8 Å². The number of rotatable bonds is 8. The van der Waals surface area contributed by atoms with Gasteiger partial charge in [-0.15, -0.1) is 0 Å². The first kappa shape index (κ1) is 22.9. The zero-order valence-corrected chi connectivity index (χ0v) is 16.2. The van der Waals surface area contributed by atoms with E-state index in [4.69, 9.17) is 4.74 Å². The molecule has 1 N–H and O–H groups in total. The number of carbonyl (C=O) groups excluding carboxylic acids is 3. The number of ether oxygens (including phenoxy) is 1. The van der Waals surface area contributed by atoms with Crippen molar-refractivity contribution >= 4 is 23.7 Å². The number of Topliss-reactive ketones (excluding diaryl/α,β-unsaturated/α-hetero) is 1. The van der Waals surface area contributed by atoms with Crippen molar-refractivity contribution in [3.63, 3.8) is 0 Å². The van der Waals surface area contributed by atoms with E-state index in [1.54, 1.807) is 24.3 Å². The minimum absolute atomic E-state index is 0.120. The van der Waals surface area contributed by atoms with Crippen molar-refractivity contribution in [2.24, 2.45) is 0 Å². The van der Waals surface area contributed by atoms with Crippen molar-refractivity contribution in [2.75, 3.05) is 13.2 Å². The van der Waals surface area contributed by atoms with E-state index in [1.807, 2.05) is 0 Å². The van der Waals surface area contributed by atoms with E-state index in [1.165, 1.54) is 25.1 Å². The number of alkyl halides is 3. The monoisotopic (exact) mass is 419 g/mol. The molecule has 2 aromatic carbocycles. The summed E-state index contributed by atoms with van der Waals surface area (Å²) in [7, 11) is 0. The Kier molecular flexibility index (Phi) is 7.91. The number of amides is 1. The lowest BCUT2D eigenvalue weighted by Gasteiger charge is -2.06. The maximum atomic E-state index is 12.7. The predicted octanol–water partition coefficient (Wildman–Crippen LogP) is 3.82. The number of hydrogen-bond donors (Lipinski definition) is 1. The van der Waals surface area contributed by atoms with Crippen LogP contribution in [0.15, 0.2) is 54.6 Å². The van der Waals surface area contributed by atoms with Gasteiger partial charge in [-0.05, 0) is 35.8 Å². The molecule has 0 spiro atoms. The number of esters is 1. The molecule has 0 saturated heterocycles. The average molecular weight is 419 g/mol. The van der Waals surface area contributed by atoms with Crippen LogP contribution in [0.3, 0.4) is 0 Å². The lowest BCUT2D eigenvalue weighted by Crippen LogP contribution is -2.22. The number of halogens is 3. The Hall–Kier alpha value is -3.42. The zero-order chi connectivity index (χ0) is 22.1. The first-order valence-corrected chi connectivity index (χ1v) is 9.04. The van der Waals surface area contributed by atoms with Crippen molar-refractivity contribution in [2.45, 2.75) is 19.5 Å². The molecule has 0 atom stereocenters. The minimum atomic E-state index is -4.48. The summed E-state index contributed by atoms with van der Waals surface area (Å²) < 4.78 is 42.9. The highest BCUT2D eigenvalue weighted by Gasteiger charge is 2.30. The van der Waals surface area contributed by atoms with Crippen molar-refractivity contribution in [1.82, 2.24) is 5.32 Å². The second kappa shape index (κ2) is 10.4. The lowest BCUT2D eigenvalue weighted by atomic mass is 10.1. The van der Waals surface area contributed by atoms with Gasteiger partial charge >= 0.3 is 12.1 Å². The molecule has 0 radical (unpaired) electrons. The largest absolute Gasteiger partial charge is 0.454 e. The lowest BCUT2D eigenvalue weighted by molar-refractivity contribution is -0.138. The van der Waals surface area contributed by atoms with E-state index in [0.29, 0.717) is 18.5 Å². The van der Waals surface area contributed by atoms with Gasteiger partial charge in [-0.1, -0.05) is 36.4 Å². The Bertz CT molecular complexity index is 934. The van der Waals surface area contributed by atoms with Gasteiger partial charge in [-0.2, -0.15) is 13.2 Å². The topological polar surface area (TPSA) is 72.5 Å². The molecule has 0 saturated carbocycles. The van der Waals surface area contributed by atoms with Gasteiger partial charge < -0.3 is 10.1 Å². The van der Waals surface area contributed by atoms with Crippen LogP contribution in [-0.2, 0) is 26.9 Å². The number of hydrogen-bond acceptors (Lipinski definition) is 4. The summed E-state index contributed by atoms with van der Waals surface area (Å²) >= 11 is 0. The number of benzene rings is 2. The molecule has 5 nitrogen and oxygen atoms in total. The fourth-order valence-electron chi connectivity index (χ4n) is 2.49. The van der Waals surface area contributed by atoms with Gasteiger partial charge in [0.1, 0.15) is 0 Å². The predicted molar refractivity (Wildman–Crippen MR) is 105 cm³/mol. The Morgan fingerprint density at radius 2 is 1.77 bits per heavy atom. The van der Waals surface area contributed by atoms with Crippen LogP contribution >= 0.6 is 0 Å². The summed E-state index contributed by atoms with van der Waals surface area (Å²) in [5.74, 6) is -1.37. The molecule has 30 heavy (non-hydrogen) atoms. The van der Waals surface area contributed by atoms with E-state index in [0.717, 1.165) is 23.8 Å². The summed E-state index contributed by atoms with van der Waals surface area (Å²) in [5, 5.41) is 2.67. The first-order valence-electron chi connectivity index (χ1n) is 9.04. The normalized spacial score (nSPS) is 11.3. The fourth-order valence-corrected chi connectivity index (χ4v) is 2.49. The maximum absolute atomic E-state index is 12.7. The Morgan fingerprint density at radius 3 is 2.40 bits per heavy atom. The van der Waals surface area contributed by atoms with Crippen LogP contribution in [0.1, 0.15) is 34.0 Å². The summed E-state index contributed by atoms with van der Waals surface area (Å²) in [4.78, 5) is 34.7. The van der Waals surface area contributed by atoms with Gasteiger partial charge in [0.05, 0.1) is 5.56 Å². The first-order chi connectivity index (χ1) is 14.1. The molecule has 0 aromatic heterocycles. The summed E-state index contributed by atoms with van der Waals surface area (Å²) in [6.45, 7) is 1.42. The number of ketones is 1. The van der Waals surface area contributed by atoms with Crippen LogP contribution in [0.2, 0.25) is 0 Å². The van der Waals surface area contributed by atoms with E-state index >= 15 is 0 Å². The third-order valence-electron chi connectivity index (χ3n) is 4.03. The van der Waals surface area contributed by atoms with Crippen molar-refractivity contribution in [3.8, 4) is 0 Å². The van der Waals surface area contributed by atoms with Crippen molar-refractivity contribution < 1.29 is 32.3 Å². The van der Waals surface area contributed by atoms with Crippen LogP contribution in [0, 0.1) is 0 Å². The SMILES string of the molecule is CC(=O)NCCc1ccc(C(=O)COC(=O)/C=C/c2cccc(C(F)(F)F)c2)cc1. The molecule has 2 aromatic rings. The van der Waals surface area contributed by atoms with Crippen molar-refractivity contribution in [1.29, 1.82) is 0 Å². The number of carbonyl (C=O) groups is 3. The van der Waals surface area contributed by atoms with E-state index in [-0.39, 0.29) is 11.5 Å². The summed E-state index contributed by atoms with van der Waals surface area (Å²) in [6.07, 6.45) is -1.71. The smallest absolute Gasteiger partial charge is 0.416 e. The average Bonchev–Trinajstić information content (AvgIpc) is 2.70. The molecule has 158 valence electrons. The second-order valence-corrected chi connectivity index (χ2v) is 6.42. The van der Waals surface area contributed by atoms with E-state index in [2.05, 4.69) is 5.32 Å². The molecule has 0 heterocycles. The van der Waals surface area contributed by atoms with Gasteiger partial charge in [-0.3, -0.25) is 9.59 Å². The highest BCUT2D eigenvalue weighted by molar-refractivity contribution is 5.98.